The number of rotatable bonds is 6. The summed E-state index contributed by atoms with van der Waals surface area (Å²) in [4.78, 5) is 5.44. The molecule has 0 amide bonds. The van der Waals surface area contributed by atoms with Crippen LogP contribution in [0.1, 0.15) is 0 Å². The van der Waals surface area contributed by atoms with E-state index in [1.807, 2.05) is 0 Å². The maximum atomic E-state index is 12.2. The number of aliphatic hydroxyl groups is 1. The Bertz CT molecular complexity index is 866. The highest BCUT2D eigenvalue weighted by Crippen LogP contribution is 2.28. The largest absolute Gasteiger partial charge is 0.573 e. The third kappa shape index (κ3) is 4.45. The first-order chi connectivity index (χ1) is 12.4. The van der Waals surface area contributed by atoms with Crippen molar-refractivity contribution < 1.29 is 23.0 Å². The van der Waals surface area contributed by atoms with E-state index in [2.05, 4.69) is 30.4 Å². The number of ether oxygens (including phenoxy) is 1. The molecule has 0 atom stereocenters. The lowest BCUT2D eigenvalue weighted by atomic mass is 10.2. The average molecular weight is 366 g/mol. The Hall–Kier alpha value is -3.21. The number of aromatic nitrogens is 5. The van der Waals surface area contributed by atoms with Gasteiger partial charge in [0.15, 0.2) is 0 Å². The highest BCUT2D eigenvalue weighted by atomic mass is 19.4. The van der Waals surface area contributed by atoms with Crippen LogP contribution in [0.3, 0.4) is 0 Å². The molecule has 136 valence electrons. The number of hydrogen-bond donors (Lipinski definition) is 2. The van der Waals surface area contributed by atoms with Gasteiger partial charge in [0.1, 0.15) is 11.6 Å². The molecular formula is C15H13F3N6O2. The molecule has 1 aromatic carbocycles. The number of halogens is 3. The highest BCUT2D eigenvalue weighted by Gasteiger charge is 2.30. The van der Waals surface area contributed by atoms with Crippen LogP contribution in [0.15, 0.2) is 42.6 Å². The van der Waals surface area contributed by atoms with Gasteiger partial charge in [-0.3, -0.25) is 0 Å². The van der Waals surface area contributed by atoms with Crippen LogP contribution in [-0.2, 0) is 6.54 Å². The molecule has 2 aromatic heterocycles. The molecule has 0 aliphatic rings. The molecule has 0 saturated heterocycles. The Balaban J connectivity index is 1.80. The Labute approximate surface area is 145 Å². The number of aliphatic hydroxyl groups excluding tert-OH is 1. The van der Waals surface area contributed by atoms with Crippen LogP contribution in [0.5, 0.6) is 5.75 Å². The van der Waals surface area contributed by atoms with Gasteiger partial charge in [-0.2, -0.15) is 4.80 Å². The molecule has 0 radical (unpaired) electrons. The molecule has 26 heavy (non-hydrogen) atoms. The smallest absolute Gasteiger partial charge is 0.406 e. The molecule has 8 nitrogen and oxygen atoms in total. The van der Waals surface area contributed by atoms with E-state index in [1.165, 1.54) is 29.1 Å². The lowest BCUT2D eigenvalue weighted by molar-refractivity contribution is -0.274. The van der Waals surface area contributed by atoms with Crippen molar-refractivity contribution in [1.82, 2.24) is 25.2 Å². The molecule has 3 rings (SSSR count). The van der Waals surface area contributed by atoms with Gasteiger partial charge in [0.05, 0.1) is 18.7 Å². The number of benzene rings is 1. The minimum Gasteiger partial charge on any atom is -0.406 e. The Morgan fingerprint density at radius 3 is 2.62 bits per heavy atom. The van der Waals surface area contributed by atoms with E-state index in [0.29, 0.717) is 22.9 Å². The molecule has 11 heteroatoms. The first kappa shape index (κ1) is 17.6. The van der Waals surface area contributed by atoms with Gasteiger partial charge in [0.2, 0.25) is 5.82 Å². The predicted octanol–water partition coefficient (Wildman–Crippen LogP) is 2.37. The van der Waals surface area contributed by atoms with Gasteiger partial charge in [-0.05, 0) is 41.6 Å². The molecule has 2 N–H and O–H groups in total. The Morgan fingerprint density at radius 2 is 1.92 bits per heavy atom. The molecule has 0 aliphatic heterocycles. The summed E-state index contributed by atoms with van der Waals surface area (Å²) < 4.78 is 40.4. The quantitative estimate of drug-likeness (QED) is 0.691. The van der Waals surface area contributed by atoms with Crippen LogP contribution in [0.25, 0.3) is 11.4 Å². The highest BCUT2D eigenvalue weighted by molar-refractivity contribution is 5.73. The van der Waals surface area contributed by atoms with Crippen LogP contribution in [0.2, 0.25) is 0 Å². The zero-order valence-corrected chi connectivity index (χ0v) is 13.2. The average Bonchev–Trinajstić information content (AvgIpc) is 3.05. The van der Waals surface area contributed by atoms with Gasteiger partial charge in [-0.1, -0.05) is 0 Å². The summed E-state index contributed by atoms with van der Waals surface area (Å²) in [5, 5.41) is 23.8. The molecule has 0 bridgehead atoms. The van der Waals surface area contributed by atoms with Gasteiger partial charge in [0.25, 0.3) is 0 Å². The normalized spacial score (nSPS) is 11.4. The van der Waals surface area contributed by atoms with Crippen LogP contribution in [0, 0.1) is 0 Å². The Morgan fingerprint density at radius 1 is 1.15 bits per heavy atom. The van der Waals surface area contributed by atoms with Gasteiger partial charge >= 0.3 is 6.36 Å². The summed E-state index contributed by atoms with van der Waals surface area (Å²) in [5.41, 5.74) is 1.05. The van der Waals surface area contributed by atoms with Gasteiger partial charge in [-0.15, -0.1) is 23.4 Å². The van der Waals surface area contributed by atoms with Crippen molar-refractivity contribution in [2.45, 2.75) is 12.9 Å². The lowest BCUT2D eigenvalue weighted by Crippen LogP contribution is -2.16. The zero-order chi connectivity index (χ0) is 18.6. The summed E-state index contributed by atoms with van der Waals surface area (Å²) in [6, 6.07) is 8.64. The molecule has 0 fully saturated rings. The van der Waals surface area contributed by atoms with E-state index in [4.69, 9.17) is 5.11 Å². The van der Waals surface area contributed by atoms with E-state index >= 15 is 0 Å². The number of nitrogens with zero attached hydrogens (tertiary/aromatic N) is 5. The fourth-order valence-corrected chi connectivity index (χ4v) is 2.10. The van der Waals surface area contributed by atoms with Crippen molar-refractivity contribution in [2.75, 3.05) is 11.9 Å². The fraction of sp³-hybridized carbons (Fsp3) is 0.200. The first-order valence-corrected chi connectivity index (χ1v) is 7.41. The van der Waals surface area contributed by atoms with Crippen molar-refractivity contribution in [3.63, 3.8) is 0 Å². The molecule has 0 unspecified atom stereocenters. The molecule has 0 aliphatic carbocycles. The lowest BCUT2D eigenvalue weighted by Gasteiger charge is -2.11. The second kappa shape index (κ2) is 7.35. The summed E-state index contributed by atoms with van der Waals surface area (Å²) in [5.74, 6) is 0.379. The van der Waals surface area contributed by atoms with Crippen LogP contribution < -0.4 is 10.1 Å². The van der Waals surface area contributed by atoms with Crippen molar-refractivity contribution in [3.05, 3.63) is 42.6 Å². The molecule has 3 aromatic rings. The summed E-state index contributed by atoms with van der Waals surface area (Å²) in [6.45, 7) is 0.0803. The maximum Gasteiger partial charge on any atom is 0.573 e. The van der Waals surface area contributed by atoms with E-state index < -0.39 is 6.36 Å². The second-order valence-electron chi connectivity index (χ2n) is 5.03. The van der Waals surface area contributed by atoms with E-state index in [9.17, 15) is 13.2 Å². The summed E-state index contributed by atoms with van der Waals surface area (Å²) in [6.07, 6.45) is -3.19. The number of tetrazole rings is 1. The fourth-order valence-electron chi connectivity index (χ4n) is 2.10. The minimum atomic E-state index is -4.74. The Kier molecular flexibility index (Phi) is 4.98. The van der Waals surface area contributed by atoms with Crippen LogP contribution in [0.4, 0.5) is 24.7 Å². The van der Waals surface area contributed by atoms with E-state index in [0.717, 1.165) is 0 Å². The van der Waals surface area contributed by atoms with Crippen molar-refractivity contribution in [1.29, 1.82) is 0 Å². The summed E-state index contributed by atoms with van der Waals surface area (Å²) >= 11 is 0. The van der Waals surface area contributed by atoms with Gasteiger partial charge < -0.3 is 15.2 Å². The van der Waals surface area contributed by atoms with Crippen LogP contribution >= 0.6 is 0 Å². The van der Waals surface area contributed by atoms with E-state index in [1.54, 1.807) is 18.3 Å². The predicted molar refractivity (Wildman–Crippen MR) is 84.5 cm³/mol. The van der Waals surface area contributed by atoms with Crippen molar-refractivity contribution in [2.24, 2.45) is 0 Å². The number of anilines is 2. The van der Waals surface area contributed by atoms with Crippen molar-refractivity contribution in [3.8, 4) is 17.1 Å². The number of alkyl halides is 3. The van der Waals surface area contributed by atoms with Gasteiger partial charge in [-0.25, -0.2) is 4.98 Å². The van der Waals surface area contributed by atoms with E-state index in [-0.39, 0.29) is 18.9 Å². The van der Waals surface area contributed by atoms with Gasteiger partial charge in [0, 0.05) is 11.9 Å². The monoisotopic (exact) mass is 366 g/mol. The second-order valence-corrected chi connectivity index (χ2v) is 5.03. The third-order valence-electron chi connectivity index (χ3n) is 3.15. The number of pyridine rings is 1. The zero-order valence-electron chi connectivity index (χ0n) is 13.2. The third-order valence-corrected chi connectivity index (χ3v) is 3.15. The standard InChI is InChI=1S/C15H13F3N6O2/c16-15(17,18)26-11-5-3-10(4-6-11)20-13-12(2-1-7-19-13)14-21-23-24(22-14)8-9-25/h1-7,25H,8-9H2,(H,19,20). The first-order valence-electron chi connectivity index (χ1n) is 7.41. The molecule has 0 saturated carbocycles. The van der Waals surface area contributed by atoms with Crippen LogP contribution in [-0.4, -0.2) is 43.3 Å². The maximum absolute atomic E-state index is 12.2. The number of nitrogens with one attached hydrogen (secondary N) is 1. The number of hydrogen-bond acceptors (Lipinski definition) is 7. The summed E-state index contributed by atoms with van der Waals surface area (Å²) in [7, 11) is 0. The van der Waals surface area contributed by atoms with Crippen molar-refractivity contribution >= 4 is 11.5 Å². The SMILES string of the molecule is OCCn1nnc(-c2cccnc2Nc2ccc(OC(F)(F)F)cc2)n1. The molecular weight excluding hydrogens is 353 g/mol. The molecule has 2 heterocycles. The topological polar surface area (TPSA) is 98.0 Å². The molecule has 0 spiro atoms. The minimum absolute atomic E-state index is 0.125.